The Bertz CT molecular complexity index is 1230. The van der Waals surface area contributed by atoms with Gasteiger partial charge in [-0.2, -0.15) is 0 Å². The van der Waals surface area contributed by atoms with E-state index in [4.69, 9.17) is 14.2 Å². The van der Waals surface area contributed by atoms with Gasteiger partial charge in [0.15, 0.2) is 0 Å². The van der Waals surface area contributed by atoms with E-state index in [1.807, 2.05) is 0 Å². The molecule has 6 nitrogen and oxygen atoms in total. The number of hydrogen-bond donors (Lipinski definition) is 0. The molecular weight excluding hydrogens is 528 g/mol. The van der Waals surface area contributed by atoms with Crippen LogP contribution in [0.15, 0.2) is 23.3 Å². The van der Waals surface area contributed by atoms with Gasteiger partial charge in [0.25, 0.3) is 0 Å². The summed E-state index contributed by atoms with van der Waals surface area (Å²) in [5, 5.41) is 0. The fourth-order valence-corrected chi connectivity index (χ4v) is 11.0. The maximum Gasteiger partial charge on any atom is 0.302 e. The van der Waals surface area contributed by atoms with Gasteiger partial charge in [-0.3, -0.25) is 14.4 Å². The predicted octanol–water partition coefficient (Wildman–Crippen LogP) is 7.74. The molecule has 5 aliphatic rings. The zero-order valence-corrected chi connectivity index (χ0v) is 27.8. The van der Waals surface area contributed by atoms with E-state index in [2.05, 4.69) is 60.6 Å². The van der Waals surface area contributed by atoms with E-state index in [0.29, 0.717) is 24.9 Å². The van der Waals surface area contributed by atoms with Gasteiger partial charge >= 0.3 is 17.9 Å². The second-order valence-corrected chi connectivity index (χ2v) is 16.5. The first-order valence-corrected chi connectivity index (χ1v) is 16.2. The average Bonchev–Trinajstić information content (AvgIpc) is 2.86. The Kier molecular flexibility index (Phi) is 7.42. The number of carbonyl (C=O) groups excluding carboxylic acids is 3. The molecule has 0 N–H and O–H groups in total. The van der Waals surface area contributed by atoms with Crippen molar-refractivity contribution < 1.29 is 28.6 Å². The summed E-state index contributed by atoms with van der Waals surface area (Å²) in [5.74, 6) is 0.182. The van der Waals surface area contributed by atoms with Crippen LogP contribution in [-0.4, -0.2) is 36.7 Å². The molecule has 0 aromatic heterocycles. The maximum absolute atomic E-state index is 12.3. The molecule has 42 heavy (non-hydrogen) atoms. The Hall–Kier alpha value is -2.11. The normalized spacial score (nSPS) is 45.5. The summed E-state index contributed by atoms with van der Waals surface area (Å²) in [6.45, 7) is 21.5. The topological polar surface area (TPSA) is 78.9 Å². The lowest BCUT2D eigenvalue weighted by Gasteiger charge is -2.69. The van der Waals surface area contributed by atoms with E-state index < -0.39 is 0 Å². The van der Waals surface area contributed by atoms with Crippen molar-refractivity contribution in [1.29, 1.82) is 0 Å². The van der Waals surface area contributed by atoms with Crippen LogP contribution in [0, 0.1) is 44.3 Å². The van der Waals surface area contributed by atoms with Crippen molar-refractivity contribution >= 4 is 17.9 Å². The van der Waals surface area contributed by atoms with Gasteiger partial charge in [-0.25, -0.2) is 0 Å². The minimum atomic E-state index is -0.305. The number of allylic oxidation sites excluding steroid dienone is 3. The number of fused-ring (bicyclic) bond motifs is 6. The third-order valence-corrected chi connectivity index (χ3v) is 13.5. The van der Waals surface area contributed by atoms with Crippen LogP contribution in [-0.2, 0) is 28.6 Å². The first-order chi connectivity index (χ1) is 19.3. The van der Waals surface area contributed by atoms with Crippen molar-refractivity contribution in [3.63, 3.8) is 0 Å². The molecular formula is C36H54O6. The van der Waals surface area contributed by atoms with E-state index in [1.165, 1.54) is 31.9 Å². The van der Waals surface area contributed by atoms with Gasteiger partial charge in [0.05, 0.1) is 6.61 Å². The molecule has 0 heterocycles. The maximum atomic E-state index is 12.3. The second-order valence-electron chi connectivity index (χ2n) is 16.5. The molecule has 5 aliphatic carbocycles. The minimum absolute atomic E-state index is 0.0213. The molecule has 0 saturated heterocycles. The summed E-state index contributed by atoms with van der Waals surface area (Å²) < 4.78 is 17.6. The van der Waals surface area contributed by atoms with E-state index >= 15 is 0 Å². The lowest BCUT2D eigenvalue weighted by molar-refractivity contribution is -0.198. The van der Waals surface area contributed by atoms with Crippen molar-refractivity contribution in [3.05, 3.63) is 23.3 Å². The van der Waals surface area contributed by atoms with Crippen LogP contribution in [0.3, 0.4) is 0 Å². The fourth-order valence-electron chi connectivity index (χ4n) is 11.0. The molecule has 0 bridgehead atoms. The van der Waals surface area contributed by atoms with Crippen molar-refractivity contribution in [2.75, 3.05) is 6.61 Å². The van der Waals surface area contributed by atoms with Gasteiger partial charge in [-0.15, -0.1) is 0 Å². The van der Waals surface area contributed by atoms with Crippen LogP contribution in [0.25, 0.3) is 0 Å². The quantitative estimate of drug-likeness (QED) is 0.249. The Labute approximate surface area is 253 Å². The van der Waals surface area contributed by atoms with Crippen molar-refractivity contribution in [1.82, 2.24) is 0 Å². The molecule has 0 aromatic rings. The summed E-state index contributed by atoms with van der Waals surface area (Å²) in [6, 6.07) is 0. The Morgan fingerprint density at radius 1 is 0.810 bits per heavy atom. The average molecular weight is 583 g/mol. The van der Waals surface area contributed by atoms with Gasteiger partial charge in [0.2, 0.25) is 0 Å². The van der Waals surface area contributed by atoms with Gasteiger partial charge in [-0.1, -0.05) is 66.2 Å². The zero-order chi connectivity index (χ0) is 31.1. The molecule has 3 fully saturated rings. The highest BCUT2D eigenvalue weighted by atomic mass is 16.6. The van der Waals surface area contributed by atoms with Crippen LogP contribution in [0.4, 0.5) is 0 Å². The Balaban J connectivity index is 1.60. The largest absolute Gasteiger partial charge is 0.465 e. The molecule has 234 valence electrons. The van der Waals surface area contributed by atoms with Gasteiger partial charge < -0.3 is 14.2 Å². The molecule has 3 saturated carbocycles. The van der Waals surface area contributed by atoms with Crippen molar-refractivity contribution in [3.8, 4) is 0 Å². The summed E-state index contributed by atoms with van der Waals surface area (Å²) in [5.41, 5.74) is 2.35. The summed E-state index contributed by atoms with van der Waals surface area (Å²) in [6.07, 6.45) is 12.4. The Morgan fingerprint density at radius 3 is 2.07 bits per heavy atom. The number of hydrogen-bond acceptors (Lipinski definition) is 6. The first kappa shape index (κ1) is 31.3. The predicted molar refractivity (Wildman–Crippen MR) is 162 cm³/mol. The van der Waals surface area contributed by atoms with Crippen LogP contribution in [0.1, 0.15) is 121 Å². The molecule has 9 atom stereocenters. The number of carbonyl (C=O) groups is 3. The first-order valence-electron chi connectivity index (χ1n) is 16.2. The third kappa shape index (κ3) is 4.51. The number of esters is 3. The molecule has 0 amide bonds. The van der Waals surface area contributed by atoms with Gasteiger partial charge in [0.1, 0.15) is 12.2 Å². The van der Waals surface area contributed by atoms with E-state index in [9.17, 15) is 14.4 Å². The van der Waals surface area contributed by atoms with E-state index in [-0.39, 0.29) is 62.6 Å². The molecule has 5 rings (SSSR count). The van der Waals surface area contributed by atoms with E-state index in [0.717, 1.165) is 44.9 Å². The minimum Gasteiger partial charge on any atom is -0.465 e. The molecule has 0 spiro atoms. The van der Waals surface area contributed by atoms with Crippen LogP contribution in [0.2, 0.25) is 0 Å². The monoisotopic (exact) mass is 582 g/mol. The number of rotatable bonds is 4. The van der Waals surface area contributed by atoms with Gasteiger partial charge in [0, 0.05) is 37.0 Å². The molecule has 0 aromatic carbocycles. The summed E-state index contributed by atoms with van der Waals surface area (Å²) >= 11 is 0. The van der Waals surface area contributed by atoms with Crippen molar-refractivity contribution in [2.45, 2.75) is 133 Å². The smallest absolute Gasteiger partial charge is 0.302 e. The van der Waals surface area contributed by atoms with Crippen molar-refractivity contribution in [2.24, 2.45) is 44.3 Å². The standard InChI is InChI=1S/C36H54O6/c1-22(37)40-21-32(6)19-26-25-11-12-28-34(8)15-14-29(41-23(2)38)31(4,5)27(34)13-16-36(28,10)35(25,9)18-17-33(26,7)30(20-32)42-24(3)39/h11-12,27-30H,13-21H2,1-10H3/t27-,28-,29+,30-,32-,33-,34+,35-,36-/m1/s1. The van der Waals surface area contributed by atoms with Crippen LogP contribution >= 0.6 is 0 Å². The lowest BCUT2D eigenvalue weighted by atomic mass is 9.35. The van der Waals surface area contributed by atoms with Crippen LogP contribution in [0.5, 0.6) is 0 Å². The third-order valence-electron chi connectivity index (χ3n) is 13.5. The lowest BCUT2D eigenvalue weighted by Crippen LogP contribution is -2.63. The highest BCUT2D eigenvalue weighted by molar-refractivity contribution is 5.67. The molecule has 0 unspecified atom stereocenters. The second kappa shape index (κ2) is 9.95. The zero-order valence-electron chi connectivity index (χ0n) is 27.8. The van der Waals surface area contributed by atoms with Crippen LogP contribution < -0.4 is 0 Å². The Morgan fingerprint density at radius 2 is 1.45 bits per heavy atom. The van der Waals surface area contributed by atoms with Gasteiger partial charge in [-0.05, 0) is 85.0 Å². The highest BCUT2D eigenvalue weighted by Crippen LogP contribution is 2.74. The summed E-state index contributed by atoms with van der Waals surface area (Å²) in [7, 11) is 0. The molecule has 6 heteroatoms. The number of ether oxygens (including phenoxy) is 3. The fraction of sp³-hybridized carbons (Fsp3) is 0.806. The summed E-state index contributed by atoms with van der Waals surface area (Å²) in [4.78, 5) is 36.1. The highest BCUT2D eigenvalue weighted by Gasteiger charge is 2.67. The van der Waals surface area contributed by atoms with E-state index in [1.54, 1.807) is 0 Å². The molecule has 0 radical (unpaired) electrons. The SMILES string of the molecule is CC(=O)OC[C@]1(C)CC2=C3C=C[C@@H]4[C@@]5(C)CC[C@H](OC(C)=O)C(C)(C)[C@H]5CC[C@@]4(C)[C@]3(C)CC[C@@]2(C)[C@H](OC(C)=O)C1. The molecule has 0 aliphatic heterocycles.